The minimum absolute atomic E-state index is 0.0277. The van der Waals surface area contributed by atoms with E-state index in [9.17, 15) is 9.59 Å². The van der Waals surface area contributed by atoms with Gasteiger partial charge in [0.2, 0.25) is 11.9 Å². The summed E-state index contributed by atoms with van der Waals surface area (Å²) in [5.41, 5.74) is 3.08. The van der Waals surface area contributed by atoms with Crippen LogP contribution in [0.25, 0.3) is 0 Å². The van der Waals surface area contributed by atoms with Crippen LogP contribution in [-0.4, -0.2) is 78.1 Å². The molecule has 0 radical (unpaired) electrons. The zero-order chi connectivity index (χ0) is 28.0. The lowest BCUT2D eigenvalue weighted by Crippen LogP contribution is -2.55. The van der Waals surface area contributed by atoms with Gasteiger partial charge < -0.3 is 30.1 Å². The van der Waals surface area contributed by atoms with Crippen LogP contribution in [0.5, 0.6) is 5.75 Å². The van der Waals surface area contributed by atoms with Gasteiger partial charge in [0.15, 0.2) is 5.82 Å². The molecule has 1 saturated heterocycles. The number of benzene rings is 1. The van der Waals surface area contributed by atoms with Crippen LogP contribution in [0.1, 0.15) is 74.7 Å². The monoisotopic (exact) mass is 547 g/mol. The zero-order valence-electron chi connectivity index (χ0n) is 24.1. The summed E-state index contributed by atoms with van der Waals surface area (Å²) in [7, 11) is 3.93. The number of likely N-dealkylation sites (N-methyl/N-ethyl adjacent to an activating group) is 1. The van der Waals surface area contributed by atoms with Gasteiger partial charge in [-0.3, -0.25) is 9.59 Å². The van der Waals surface area contributed by atoms with Crippen molar-refractivity contribution in [3.05, 3.63) is 29.5 Å². The van der Waals surface area contributed by atoms with Gasteiger partial charge in [0, 0.05) is 36.7 Å². The minimum Gasteiger partial charge on any atom is -0.488 e. The lowest BCUT2D eigenvalue weighted by atomic mass is 10.00. The maximum Gasteiger partial charge on any atom is 0.251 e. The number of aromatic nitrogens is 2. The predicted octanol–water partition coefficient (Wildman–Crippen LogP) is 3.87. The summed E-state index contributed by atoms with van der Waals surface area (Å²) in [6.07, 6.45) is 9.52. The van der Waals surface area contributed by atoms with Crippen molar-refractivity contribution in [3.8, 4) is 5.75 Å². The number of anilines is 4. The maximum absolute atomic E-state index is 13.3. The highest BCUT2D eigenvalue weighted by Gasteiger charge is 2.41. The smallest absolute Gasteiger partial charge is 0.251 e. The fraction of sp³-hybridized carbons (Fsp3) is 0.600. The second-order valence-electron chi connectivity index (χ2n) is 11.8. The summed E-state index contributed by atoms with van der Waals surface area (Å²) in [4.78, 5) is 42.3. The maximum atomic E-state index is 13.3. The Morgan fingerprint density at radius 3 is 2.60 bits per heavy atom. The van der Waals surface area contributed by atoms with Crippen molar-refractivity contribution in [2.45, 2.75) is 89.4 Å². The molecule has 1 aromatic carbocycles. The average Bonchev–Trinajstić information content (AvgIpc) is 3.62. The van der Waals surface area contributed by atoms with E-state index in [1.807, 2.05) is 26.1 Å². The van der Waals surface area contributed by atoms with Crippen LogP contribution in [-0.2, 0) is 11.2 Å². The van der Waals surface area contributed by atoms with E-state index in [1.54, 1.807) is 11.1 Å². The molecule has 2 atom stereocenters. The molecular formula is C30H41N7O3. The van der Waals surface area contributed by atoms with Crippen LogP contribution < -0.4 is 25.2 Å². The van der Waals surface area contributed by atoms with Gasteiger partial charge in [0.05, 0.1) is 11.9 Å². The molecule has 214 valence electrons. The first kappa shape index (κ1) is 26.8. The average molecular weight is 548 g/mol. The quantitative estimate of drug-likeness (QED) is 0.562. The van der Waals surface area contributed by atoms with Crippen LogP contribution in [0.2, 0.25) is 0 Å². The molecule has 2 amide bonds. The molecule has 4 heterocycles. The first-order valence-corrected chi connectivity index (χ1v) is 14.9. The van der Waals surface area contributed by atoms with Crippen LogP contribution in [0.15, 0.2) is 18.3 Å². The van der Waals surface area contributed by atoms with Gasteiger partial charge in [0.25, 0.3) is 5.91 Å². The summed E-state index contributed by atoms with van der Waals surface area (Å²) in [6.45, 7) is 6.08. The molecule has 0 bridgehead atoms. The highest BCUT2D eigenvalue weighted by Crippen LogP contribution is 2.42. The number of ether oxygens (including phenoxy) is 1. The normalized spacial score (nSPS) is 23.6. The molecule has 2 fully saturated rings. The number of fused-ring (bicyclic) bond motifs is 2. The summed E-state index contributed by atoms with van der Waals surface area (Å²) >= 11 is 0. The lowest BCUT2D eigenvalue weighted by Gasteiger charge is -2.43. The fourth-order valence-electron chi connectivity index (χ4n) is 6.79. The van der Waals surface area contributed by atoms with Crippen molar-refractivity contribution in [1.29, 1.82) is 0 Å². The fourth-order valence-corrected chi connectivity index (χ4v) is 6.79. The lowest BCUT2D eigenvalue weighted by molar-refractivity contribution is -0.120. The largest absolute Gasteiger partial charge is 0.488 e. The number of nitrogens with zero attached hydrogens (tertiary/aromatic N) is 5. The molecule has 10 nitrogen and oxygen atoms in total. The number of hydrogen-bond acceptors (Lipinski definition) is 8. The van der Waals surface area contributed by atoms with Gasteiger partial charge in [-0.2, -0.15) is 4.98 Å². The van der Waals surface area contributed by atoms with Gasteiger partial charge >= 0.3 is 0 Å². The number of likely N-dealkylation sites (tertiary alicyclic amines) is 1. The SMILES string of the molecule is CCC1C(=O)N(C)c2cnc(Nc3ccc(C(=O)NC4CCN(C)CC4)c4c3OC(C)C4)nc2N1C1CCCC1. The topological polar surface area (TPSA) is 103 Å². The molecule has 2 N–H and O–H groups in total. The van der Waals surface area contributed by atoms with Gasteiger partial charge in [-0.05, 0) is 71.3 Å². The highest BCUT2D eigenvalue weighted by molar-refractivity contribution is 6.04. The Labute approximate surface area is 236 Å². The van der Waals surface area contributed by atoms with E-state index < -0.39 is 0 Å². The number of amides is 2. The Morgan fingerprint density at radius 1 is 1.12 bits per heavy atom. The highest BCUT2D eigenvalue weighted by atomic mass is 16.5. The summed E-state index contributed by atoms with van der Waals surface area (Å²) in [5, 5.41) is 6.63. The van der Waals surface area contributed by atoms with Crippen LogP contribution >= 0.6 is 0 Å². The van der Waals surface area contributed by atoms with Crippen molar-refractivity contribution in [2.75, 3.05) is 42.3 Å². The van der Waals surface area contributed by atoms with Crippen LogP contribution in [0.3, 0.4) is 0 Å². The number of nitrogens with one attached hydrogen (secondary N) is 2. The molecule has 1 saturated carbocycles. The third kappa shape index (κ3) is 4.87. The molecule has 40 heavy (non-hydrogen) atoms. The third-order valence-corrected chi connectivity index (χ3v) is 9.03. The van der Waals surface area contributed by atoms with Crippen molar-refractivity contribution in [3.63, 3.8) is 0 Å². The van der Waals surface area contributed by atoms with Crippen molar-refractivity contribution < 1.29 is 14.3 Å². The minimum atomic E-state index is -0.223. The second kappa shape index (κ2) is 10.9. The molecule has 1 aliphatic carbocycles. The molecule has 0 spiro atoms. The van der Waals surface area contributed by atoms with E-state index in [2.05, 4.69) is 39.4 Å². The van der Waals surface area contributed by atoms with E-state index in [4.69, 9.17) is 9.72 Å². The van der Waals surface area contributed by atoms with E-state index in [0.717, 1.165) is 67.9 Å². The van der Waals surface area contributed by atoms with Crippen LogP contribution in [0.4, 0.5) is 23.1 Å². The molecule has 10 heteroatoms. The number of carbonyl (C=O) groups excluding carboxylic acids is 2. The first-order chi connectivity index (χ1) is 19.3. The predicted molar refractivity (Wildman–Crippen MR) is 156 cm³/mol. The van der Waals surface area contributed by atoms with Crippen molar-refractivity contribution in [1.82, 2.24) is 20.2 Å². The molecule has 2 aromatic rings. The third-order valence-electron chi connectivity index (χ3n) is 9.03. The van der Waals surface area contributed by atoms with E-state index >= 15 is 0 Å². The number of hydrogen-bond donors (Lipinski definition) is 2. The van der Waals surface area contributed by atoms with Crippen LogP contribution in [0, 0.1) is 0 Å². The number of piperidine rings is 1. The number of rotatable bonds is 6. The molecule has 1 aromatic heterocycles. The zero-order valence-corrected chi connectivity index (χ0v) is 24.1. The molecule has 3 aliphatic heterocycles. The molecule has 4 aliphatic rings. The van der Waals surface area contributed by atoms with Crippen molar-refractivity contribution >= 4 is 35.0 Å². The van der Waals surface area contributed by atoms with Gasteiger partial charge in [0.1, 0.15) is 23.6 Å². The second-order valence-corrected chi connectivity index (χ2v) is 11.8. The summed E-state index contributed by atoms with van der Waals surface area (Å²) in [5.74, 6) is 2.01. The van der Waals surface area contributed by atoms with E-state index in [1.165, 1.54) is 12.8 Å². The Bertz CT molecular complexity index is 1290. The van der Waals surface area contributed by atoms with Gasteiger partial charge in [-0.25, -0.2) is 4.98 Å². The first-order valence-electron chi connectivity index (χ1n) is 14.9. The Balaban J connectivity index is 1.28. The van der Waals surface area contributed by atoms with Gasteiger partial charge in [-0.15, -0.1) is 0 Å². The Morgan fingerprint density at radius 2 is 1.88 bits per heavy atom. The molecule has 6 rings (SSSR count). The summed E-state index contributed by atoms with van der Waals surface area (Å²) in [6, 6.07) is 4.05. The van der Waals surface area contributed by atoms with Crippen molar-refractivity contribution in [2.24, 2.45) is 0 Å². The Hall–Kier alpha value is -3.40. The van der Waals surface area contributed by atoms with E-state index in [0.29, 0.717) is 29.7 Å². The Kier molecular flexibility index (Phi) is 7.29. The van der Waals surface area contributed by atoms with Gasteiger partial charge in [-0.1, -0.05) is 19.8 Å². The molecular weight excluding hydrogens is 506 g/mol. The van der Waals surface area contributed by atoms with E-state index in [-0.39, 0.29) is 30.0 Å². The molecule has 2 unspecified atom stereocenters. The standard InChI is InChI=1S/C30H41N7O3/c1-5-24-29(39)36(4)25-17-31-30(34-27(25)37(24)20-8-6-7-9-20)33-23-11-10-21(22-16-18(2)40-26(22)23)28(38)32-19-12-14-35(3)15-13-19/h10-11,17-20,24H,5-9,12-16H2,1-4H3,(H,32,38)(H,31,33,34). The number of carbonyl (C=O) groups is 2. The summed E-state index contributed by atoms with van der Waals surface area (Å²) < 4.78 is 6.22.